The average Bonchev–Trinajstić information content (AvgIpc) is 3.23. The number of fused-ring (bicyclic) bond motifs is 1. The van der Waals surface area contributed by atoms with Crippen LogP contribution in [0.15, 0.2) is 70.3 Å². The van der Waals surface area contributed by atoms with Gasteiger partial charge in [0.05, 0.1) is 6.04 Å². The van der Waals surface area contributed by atoms with Crippen molar-refractivity contribution in [3.8, 4) is 5.75 Å². The van der Waals surface area contributed by atoms with Crippen LogP contribution < -0.4 is 14.8 Å². The summed E-state index contributed by atoms with van der Waals surface area (Å²) in [7, 11) is -3.62. The highest BCUT2D eigenvalue weighted by molar-refractivity contribution is 7.94. The van der Waals surface area contributed by atoms with Crippen molar-refractivity contribution in [2.75, 3.05) is 4.72 Å². The van der Waals surface area contributed by atoms with Gasteiger partial charge in [0, 0.05) is 23.2 Å². The molecule has 0 saturated carbocycles. The number of amides is 1. The highest BCUT2D eigenvalue weighted by Crippen LogP contribution is 2.39. The first-order valence-corrected chi connectivity index (χ1v) is 11.8. The van der Waals surface area contributed by atoms with E-state index in [9.17, 15) is 13.2 Å². The molecule has 3 aromatic rings. The number of sulfonamides is 1. The maximum atomic E-state index is 12.8. The van der Waals surface area contributed by atoms with Gasteiger partial charge in [0.2, 0.25) is 0 Å². The van der Waals surface area contributed by atoms with Gasteiger partial charge in [0.15, 0.2) is 0 Å². The molecule has 1 aliphatic rings. The summed E-state index contributed by atoms with van der Waals surface area (Å²) in [4.78, 5) is 12.8. The third-order valence-electron chi connectivity index (χ3n) is 4.84. The van der Waals surface area contributed by atoms with Gasteiger partial charge >= 0.3 is 0 Å². The zero-order chi connectivity index (χ0) is 21.4. The minimum absolute atomic E-state index is 0.172. The van der Waals surface area contributed by atoms with Crippen LogP contribution in [0.4, 0.5) is 5.69 Å². The van der Waals surface area contributed by atoms with Crippen molar-refractivity contribution in [1.82, 2.24) is 5.32 Å². The van der Waals surface area contributed by atoms with Crippen molar-refractivity contribution < 1.29 is 17.9 Å². The summed E-state index contributed by atoms with van der Waals surface area (Å²) < 4.78 is 33.4. The Labute approximate surface area is 180 Å². The van der Waals surface area contributed by atoms with Crippen LogP contribution in [0.2, 0.25) is 0 Å². The summed E-state index contributed by atoms with van der Waals surface area (Å²) in [6.07, 6.45) is 0.647. The van der Waals surface area contributed by atoms with Crippen molar-refractivity contribution >= 4 is 33.0 Å². The molecule has 6 nitrogen and oxygen atoms in total. The van der Waals surface area contributed by atoms with Crippen LogP contribution in [-0.2, 0) is 10.0 Å². The van der Waals surface area contributed by atoms with E-state index in [1.54, 1.807) is 41.8 Å². The molecule has 0 saturated heterocycles. The standard InChI is InChI=1S/C22H22N2O4S2/c1-22(2)14-18(17-6-3-4-7-19(17)28-22)23-21(25)15-9-11-16(12-10-15)24-30(26,27)20-8-5-13-29-20/h3-13,18,24H,14H2,1-2H3,(H,23,25). The summed E-state index contributed by atoms with van der Waals surface area (Å²) in [6.45, 7) is 3.99. The fraction of sp³-hybridized carbons (Fsp3) is 0.227. The Morgan fingerprint density at radius 3 is 2.50 bits per heavy atom. The molecule has 1 aromatic heterocycles. The van der Waals surface area contributed by atoms with Crippen LogP contribution in [-0.4, -0.2) is 19.9 Å². The first kappa shape index (κ1) is 20.4. The lowest BCUT2D eigenvalue weighted by Crippen LogP contribution is -2.41. The Kier molecular flexibility index (Phi) is 5.29. The van der Waals surface area contributed by atoms with E-state index in [2.05, 4.69) is 10.0 Å². The molecular weight excluding hydrogens is 420 g/mol. The zero-order valence-corrected chi connectivity index (χ0v) is 18.2. The molecular formula is C22H22N2O4S2. The van der Waals surface area contributed by atoms with Crippen molar-refractivity contribution in [1.29, 1.82) is 0 Å². The van der Waals surface area contributed by atoms with Gasteiger partial charge in [0.1, 0.15) is 15.6 Å². The summed E-state index contributed by atoms with van der Waals surface area (Å²) in [5.41, 5.74) is 1.41. The summed E-state index contributed by atoms with van der Waals surface area (Å²) in [6, 6.07) is 17.1. The average molecular weight is 443 g/mol. The van der Waals surface area contributed by atoms with Crippen molar-refractivity contribution in [3.63, 3.8) is 0 Å². The van der Waals surface area contributed by atoms with Crippen molar-refractivity contribution in [2.24, 2.45) is 0 Å². The molecule has 1 aliphatic heterocycles. The molecule has 30 heavy (non-hydrogen) atoms. The monoisotopic (exact) mass is 442 g/mol. The fourth-order valence-electron chi connectivity index (χ4n) is 3.48. The minimum atomic E-state index is -3.62. The molecule has 1 amide bonds. The van der Waals surface area contributed by atoms with E-state index in [0.29, 0.717) is 17.7 Å². The molecule has 1 atom stereocenters. The van der Waals surface area contributed by atoms with E-state index in [1.165, 1.54) is 0 Å². The summed E-state index contributed by atoms with van der Waals surface area (Å²) in [5.74, 6) is 0.553. The van der Waals surface area contributed by atoms with E-state index in [4.69, 9.17) is 4.74 Å². The van der Waals surface area contributed by atoms with Gasteiger partial charge < -0.3 is 10.1 Å². The lowest BCUT2D eigenvalue weighted by Gasteiger charge is -2.37. The molecule has 0 bridgehead atoms. The van der Waals surface area contributed by atoms with Gasteiger partial charge in [-0.15, -0.1) is 11.3 Å². The van der Waals surface area contributed by atoms with E-state index in [0.717, 1.165) is 22.6 Å². The van der Waals surface area contributed by atoms with E-state index < -0.39 is 15.6 Å². The van der Waals surface area contributed by atoms with E-state index in [1.807, 2.05) is 38.1 Å². The second-order valence-corrected chi connectivity index (χ2v) is 10.6. The van der Waals surface area contributed by atoms with Gasteiger partial charge in [-0.1, -0.05) is 24.3 Å². The van der Waals surface area contributed by atoms with Crippen LogP contribution >= 0.6 is 11.3 Å². The largest absolute Gasteiger partial charge is 0.487 e. The number of anilines is 1. The molecule has 8 heteroatoms. The molecule has 4 rings (SSSR count). The third kappa shape index (κ3) is 4.34. The molecule has 1 unspecified atom stereocenters. The minimum Gasteiger partial charge on any atom is -0.487 e. The number of carbonyl (C=O) groups excluding carboxylic acids is 1. The SMILES string of the molecule is CC1(C)CC(NC(=O)c2ccc(NS(=O)(=O)c3cccs3)cc2)c2ccccc2O1. The van der Waals surface area contributed by atoms with Gasteiger partial charge in [-0.3, -0.25) is 9.52 Å². The number of hydrogen-bond donors (Lipinski definition) is 2. The third-order valence-corrected chi connectivity index (χ3v) is 7.62. The number of ether oxygens (including phenoxy) is 1. The molecule has 0 spiro atoms. The Balaban J connectivity index is 1.48. The van der Waals surface area contributed by atoms with Crippen molar-refractivity contribution in [3.05, 3.63) is 77.2 Å². The Hall–Kier alpha value is -2.84. The number of benzene rings is 2. The number of para-hydroxylation sites is 1. The predicted molar refractivity (Wildman–Crippen MR) is 118 cm³/mol. The van der Waals surface area contributed by atoms with E-state index in [-0.39, 0.29) is 16.2 Å². The van der Waals surface area contributed by atoms with Crippen LogP contribution in [0.5, 0.6) is 5.75 Å². The molecule has 0 fully saturated rings. The molecule has 0 radical (unpaired) electrons. The number of carbonyl (C=O) groups is 1. The Morgan fingerprint density at radius 2 is 1.80 bits per heavy atom. The highest BCUT2D eigenvalue weighted by Gasteiger charge is 2.34. The molecule has 2 heterocycles. The lowest BCUT2D eigenvalue weighted by molar-refractivity contribution is 0.0619. The quantitative estimate of drug-likeness (QED) is 0.606. The number of hydrogen-bond acceptors (Lipinski definition) is 5. The summed E-state index contributed by atoms with van der Waals surface area (Å²) >= 11 is 1.15. The van der Waals surface area contributed by atoms with Gasteiger partial charge in [0.25, 0.3) is 15.9 Å². The fourth-order valence-corrected chi connectivity index (χ4v) is 5.54. The van der Waals surface area contributed by atoms with Crippen LogP contribution in [0.1, 0.15) is 42.2 Å². The summed E-state index contributed by atoms with van der Waals surface area (Å²) in [5, 5.41) is 4.79. The highest BCUT2D eigenvalue weighted by atomic mass is 32.2. The van der Waals surface area contributed by atoms with E-state index >= 15 is 0 Å². The molecule has 0 aliphatic carbocycles. The van der Waals surface area contributed by atoms with Crippen LogP contribution in [0, 0.1) is 0 Å². The molecule has 2 N–H and O–H groups in total. The lowest BCUT2D eigenvalue weighted by atomic mass is 9.89. The second-order valence-electron chi connectivity index (χ2n) is 7.74. The van der Waals surface area contributed by atoms with Gasteiger partial charge in [-0.2, -0.15) is 0 Å². The maximum Gasteiger partial charge on any atom is 0.271 e. The Morgan fingerprint density at radius 1 is 1.07 bits per heavy atom. The molecule has 2 aromatic carbocycles. The first-order chi connectivity index (χ1) is 14.2. The maximum absolute atomic E-state index is 12.8. The van der Waals surface area contributed by atoms with Crippen LogP contribution in [0.3, 0.4) is 0 Å². The first-order valence-electron chi connectivity index (χ1n) is 9.49. The van der Waals surface area contributed by atoms with Crippen molar-refractivity contribution in [2.45, 2.75) is 36.1 Å². The van der Waals surface area contributed by atoms with Gasteiger partial charge in [-0.25, -0.2) is 8.42 Å². The smallest absolute Gasteiger partial charge is 0.271 e. The molecule has 156 valence electrons. The topological polar surface area (TPSA) is 84.5 Å². The number of thiophene rings is 1. The van der Waals surface area contributed by atoms with Crippen LogP contribution in [0.25, 0.3) is 0 Å². The van der Waals surface area contributed by atoms with Gasteiger partial charge in [-0.05, 0) is 55.6 Å². The second kappa shape index (κ2) is 7.77. The normalized spacial score (nSPS) is 17.5. The zero-order valence-electron chi connectivity index (χ0n) is 16.6. The predicted octanol–water partition coefficient (Wildman–Crippen LogP) is 4.58. The number of nitrogens with one attached hydrogen (secondary N) is 2. The Bertz CT molecular complexity index is 1150. The number of rotatable bonds is 5.